The first kappa shape index (κ1) is 15.6. The Morgan fingerprint density at radius 1 is 1.21 bits per heavy atom. The maximum Gasteiger partial charge on any atom is 0.269 e. The molecular weight excluding hydrogens is 306 g/mol. The molecule has 3 rings (SSSR count). The van der Waals surface area contributed by atoms with Gasteiger partial charge in [0.1, 0.15) is 0 Å². The van der Waals surface area contributed by atoms with Crippen LogP contribution in [-0.2, 0) is 4.79 Å². The molecule has 0 spiro atoms. The van der Waals surface area contributed by atoms with Gasteiger partial charge in [0.05, 0.1) is 28.4 Å². The average molecular weight is 321 g/mol. The first-order valence-electron chi connectivity index (χ1n) is 7.43. The zero-order valence-electron chi connectivity index (χ0n) is 12.9. The number of amides is 1. The van der Waals surface area contributed by atoms with Crippen LogP contribution in [0.3, 0.4) is 0 Å². The van der Waals surface area contributed by atoms with Crippen LogP contribution < -0.4 is 4.90 Å². The van der Waals surface area contributed by atoms with Gasteiger partial charge in [0, 0.05) is 18.7 Å². The Bertz CT molecular complexity index is 841. The molecule has 0 aromatic heterocycles. The van der Waals surface area contributed by atoms with Gasteiger partial charge in [-0.2, -0.15) is 0 Å². The number of nitro benzene ring substituents is 1. The fourth-order valence-electron chi connectivity index (χ4n) is 2.62. The van der Waals surface area contributed by atoms with E-state index < -0.39 is 4.92 Å². The fourth-order valence-corrected chi connectivity index (χ4v) is 2.62. The number of aliphatic imine (C=N–C) groups is 1. The Labute approximate surface area is 138 Å². The lowest BCUT2D eigenvalue weighted by molar-refractivity contribution is -0.384. The molecule has 0 atom stereocenters. The second-order valence-corrected chi connectivity index (χ2v) is 5.32. The predicted molar refractivity (Wildman–Crippen MR) is 92.9 cm³/mol. The first-order valence-corrected chi connectivity index (χ1v) is 7.43. The molecule has 2 aromatic carbocycles. The van der Waals surface area contributed by atoms with Gasteiger partial charge in [0.2, 0.25) is 5.91 Å². The highest BCUT2D eigenvalue weighted by Gasteiger charge is 2.24. The number of nitrogens with zero attached hydrogens (tertiary/aromatic N) is 3. The second kappa shape index (κ2) is 6.45. The number of nitro groups is 1. The molecule has 0 N–H and O–H groups in total. The third kappa shape index (κ3) is 2.94. The standard InChI is InChI=1S/C18H15N3O3/c1-2-11-20-17-6-4-3-5-15(17)19-16(12-18(20)22)13-7-9-14(10-8-13)21(23)24/h2-10H,1,11-12H2. The number of anilines is 1. The Kier molecular flexibility index (Phi) is 4.20. The summed E-state index contributed by atoms with van der Waals surface area (Å²) in [5.41, 5.74) is 2.73. The van der Waals surface area contributed by atoms with E-state index in [2.05, 4.69) is 11.6 Å². The molecule has 120 valence electrons. The highest BCUT2D eigenvalue weighted by molar-refractivity contribution is 6.17. The summed E-state index contributed by atoms with van der Waals surface area (Å²) in [6, 6.07) is 13.5. The maximum absolute atomic E-state index is 12.6. The van der Waals surface area contributed by atoms with Crippen LogP contribution in [0.4, 0.5) is 17.1 Å². The molecule has 1 heterocycles. The molecule has 6 heteroatoms. The number of hydrogen-bond acceptors (Lipinski definition) is 4. The number of carbonyl (C=O) groups is 1. The van der Waals surface area contributed by atoms with Gasteiger partial charge in [-0.05, 0) is 29.8 Å². The lowest BCUT2D eigenvalue weighted by atomic mass is 10.1. The summed E-state index contributed by atoms with van der Waals surface area (Å²) >= 11 is 0. The number of fused-ring (bicyclic) bond motifs is 1. The van der Waals surface area contributed by atoms with Crippen molar-refractivity contribution >= 4 is 28.7 Å². The van der Waals surface area contributed by atoms with Crippen molar-refractivity contribution < 1.29 is 9.72 Å². The summed E-state index contributed by atoms with van der Waals surface area (Å²) in [5, 5.41) is 10.8. The maximum atomic E-state index is 12.6. The number of carbonyl (C=O) groups excluding carboxylic acids is 1. The van der Waals surface area contributed by atoms with Crippen LogP contribution in [0.2, 0.25) is 0 Å². The molecule has 2 aromatic rings. The third-order valence-corrected chi connectivity index (χ3v) is 3.77. The summed E-state index contributed by atoms with van der Waals surface area (Å²) in [6.07, 6.45) is 1.80. The number of non-ortho nitro benzene ring substituents is 1. The summed E-state index contributed by atoms with van der Waals surface area (Å²) in [7, 11) is 0. The number of hydrogen-bond donors (Lipinski definition) is 0. The molecule has 1 aliphatic heterocycles. The van der Waals surface area contributed by atoms with Gasteiger partial charge < -0.3 is 4.90 Å². The Balaban J connectivity index is 2.04. The van der Waals surface area contributed by atoms with E-state index in [1.807, 2.05) is 24.3 Å². The van der Waals surface area contributed by atoms with Gasteiger partial charge in [0.15, 0.2) is 0 Å². The summed E-state index contributed by atoms with van der Waals surface area (Å²) in [4.78, 5) is 29.2. The summed E-state index contributed by atoms with van der Waals surface area (Å²) < 4.78 is 0. The van der Waals surface area contributed by atoms with E-state index >= 15 is 0 Å². The summed E-state index contributed by atoms with van der Waals surface area (Å²) in [6.45, 7) is 4.10. The van der Waals surface area contributed by atoms with E-state index in [4.69, 9.17) is 0 Å². The van der Waals surface area contributed by atoms with Gasteiger partial charge in [-0.15, -0.1) is 6.58 Å². The van der Waals surface area contributed by atoms with Crippen molar-refractivity contribution in [3.05, 3.63) is 76.9 Å². The van der Waals surface area contributed by atoms with Crippen molar-refractivity contribution in [1.82, 2.24) is 0 Å². The largest absolute Gasteiger partial charge is 0.306 e. The molecule has 1 amide bonds. The van der Waals surface area contributed by atoms with Crippen molar-refractivity contribution in [3.63, 3.8) is 0 Å². The second-order valence-electron chi connectivity index (χ2n) is 5.32. The molecule has 0 aliphatic carbocycles. The molecule has 0 fully saturated rings. The smallest absolute Gasteiger partial charge is 0.269 e. The van der Waals surface area contributed by atoms with Crippen molar-refractivity contribution in [2.75, 3.05) is 11.4 Å². The predicted octanol–water partition coefficient (Wildman–Crippen LogP) is 3.64. The van der Waals surface area contributed by atoms with E-state index in [9.17, 15) is 14.9 Å². The van der Waals surface area contributed by atoms with Crippen molar-refractivity contribution in [1.29, 1.82) is 0 Å². The van der Waals surface area contributed by atoms with Crippen LogP contribution in [0.25, 0.3) is 0 Å². The topological polar surface area (TPSA) is 75.8 Å². The van der Waals surface area contributed by atoms with Crippen LogP contribution in [-0.4, -0.2) is 23.1 Å². The number of para-hydroxylation sites is 2. The average Bonchev–Trinajstić information content (AvgIpc) is 2.73. The third-order valence-electron chi connectivity index (χ3n) is 3.77. The molecule has 0 radical (unpaired) electrons. The van der Waals surface area contributed by atoms with Crippen molar-refractivity contribution in [2.45, 2.75) is 6.42 Å². The van der Waals surface area contributed by atoms with Gasteiger partial charge in [-0.3, -0.25) is 19.9 Å². The van der Waals surface area contributed by atoms with E-state index in [-0.39, 0.29) is 18.0 Å². The summed E-state index contributed by atoms with van der Waals surface area (Å²) in [5.74, 6) is -0.0862. The zero-order chi connectivity index (χ0) is 17.1. The molecule has 0 bridgehead atoms. The van der Waals surface area contributed by atoms with Crippen molar-refractivity contribution in [2.24, 2.45) is 4.99 Å². The highest BCUT2D eigenvalue weighted by atomic mass is 16.6. The Morgan fingerprint density at radius 2 is 1.92 bits per heavy atom. The normalized spacial score (nSPS) is 13.8. The van der Waals surface area contributed by atoms with E-state index in [1.54, 1.807) is 23.1 Å². The Morgan fingerprint density at radius 3 is 2.58 bits per heavy atom. The molecular formula is C18H15N3O3. The Hall–Kier alpha value is -3.28. The zero-order valence-corrected chi connectivity index (χ0v) is 12.9. The molecule has 1 aliphatic rings. The number of rotatable bonds is 4. The monoisotopic (exact) mass is 321 g/mol. The minimum absolute atomic E-state index is 0.00739. The quantitative estimate of drug-likeness (QED) is 0.490. The van der Waals surface area contributed by atoms with Crippen LogP contribution in [0.1, 0.15) is 12.0 Å². The van der Waals surface area contributed by atoms with Gasteiger partial charge in [0.25, 0.3) is 5.69 Å². The molecule has 24 heavy (non-hydrogen) atoms. The lowest BCUT2D eigenvalue weighted by Crippen LogP contribution is -2.31. The van der Waals surface area contributed by atoms with Crippen molar-refractivity contribution in [3.8, 4) is 0 Å². The fraction of sp³-hybridized carbons (Fsp3) is 0.111. The van der Waals surface area contributed by atoms with Gasteiger partial charge in [-0.25, -0.2) is 0 Å². The van der Waals surface area contributed by atoms with Gasteiger partial charge in [-0.1, -0.05) is 18.2 Å². The first-order chi connectivity index (χ1) is 11.6. The molecule has 0 saturated carbocycles. The molecule has 6 nitrogen and oxygen atoms in total. The van der Waals surface area contributed by atoms with E-state index in [1.165, 1.54) is 12.1 Å². The van der Waals surface area contributed by atoms with Crippen LogP contribution in [0.15, 0.2) is 66.2 Å². The van der Waals surface area contributed by atoms with Crippen LogP contribution in [0, 0.1) is 10.1 Å². The van der Waals surface area contributed by atoms with Crippen LogP contribution in [0.5, 0.6) is 0 Å². The molecule has 0 saturated heterocycles. The van der Waals surface area contributed by atoms with Crippen LogP contribution >= 0.6 is 0 Å². The minimum Gasteiger partial charge on any atom is -0.306 e. The molecule has 0 unspecified atom stereocenters. The SMILES string of the molecule is C=CCN1C(=O)CC(c2ccc([N+](=O)[O-])cc2)=Nc2ccccc21. The lowest BCUT2D eigenvalue weighted by Gasteiger charge is -2.20. The van der Waals surface area contributed by atoms with E-state index in [0.717, 1.165) is 5.69 Å². The highest BCUT2D eigenvalue weighted by Crippen LogP contribution is 2.32. The van der Waals surface area contributed by atoms with Gasteiger partial charge >= 0.3 is 0 Å². The van der Waals surface area contributed by atoms with E-state index in [0.29, 0.717) is 23.5 Å². The minimum atomic E-state index is -0.453. The number of benzene rings is 2.